The molecular formula is C12H20BrNOS. The molecule has 1 aromatic rings. The maximum atomic E-state index is 8.92. The Morgan fingerprint density at radius 3 is 2.81 bits per heavy atom. The second-order valence-corrected chi connectivity index (χ2v) is 5.94. The van der Waals surface area contributed by atoms with E-state index in [9.17, 15) is 0 Å². The van der Waals surface area contributed by atoms with Crippen molar-refractivity contribution in [1.82, 2.24) is 5.32 Å². The summed E-state index contributed by atoms with van der Waals surface area (Å²) in [4.78, 5) is 1.35. The normalized spacial score (nSPS) is 15.0. The van der Waals surface area contributed by atoms with Crippen molar-refractivity contribution in [1.29, 1.82) is 0 Å². The largest absolute Gasteiger partial charge is 0.396 e. The summed E-state index contributed by atoms with van der Waals surface area (Å²) in [6.07, 6.45) is 2.01. The van der Waals surface area contributed by atoms with Crippen LogP contribution in [0.2, 0.25) is 0 Å². The van der Waals surface area contributed by atoms with Crippen molar-refractivity contribution >= 4 is 27.3 Å². The van der Waals surface area contributed by atoms with Crippen LogP contribution in [0.5, 0.6) is 0 Å². The first kappa shape index (κ1) is 14.2. The Morgan fingerprint density at radius 2 is 2.31 bits per heavy atom. The maximum Gasteiger partial charge on any atom is 0.0434 e. The fraction of sp³-hybridized carbons (Fsp3) is 0.667. The van der Waals surface area contributed by atoms with Gasteiger partial charge in [0.15, 0.2) is 0 Å². The molecule has 1 aromatic heterocycles. The van der Waals surface area contributed by atoms with Crippen molar-refractivity contribution in [2.75, 3.05) is 13.2 Å². The van der Waals surface area contributed by atoms with Gasteiger partial charge in [-0.25, -0.2) is 0 Å². The van der Waals surface area contributed by atoms with Gasteiger partial charge in [0.05, 0.1) is 0 Å². The summed E-state index contributed by atoms with van der Waals surface area (Å²) >= 11 is 5.24. The molecule has 0 aliphatic rings. The van der Waals surface area contributed by atoms with Gasteiger partial charge in [-0.2, -0.15) is 0 Å². The van der Waals surface area contributed by atoms with Crippen LogP contribution >= 0.6 is 27.3 Å². The van der Waals surface area contributed by atoms with Gasteiger partial charge in [0, 0.05) is 27.4 Å². The fourth-order valence-corrected chi connectivity index (χ4v) is 3.11. The summed E-state index contributed by atoms with van der Waals surface area (Å²) in [5.74, 6) is 0.579. The lowest BCUT2D eigenvalue weighted by Gasteiger charge is -2.18. The number of nitrogens with one attached hydrogen (secondary N) is 1. The van der Waals surface area contributed by atoms with E-state index in [4.69, 9.17) is 5.11 Å². The first-order valence-corrected chi connectivity index (χ1v) is 7.42. The molecule has 2 N–H and O–H groups in total. The number of halogens is 1. The van der Waals surface area contributed by atoms with Gasteiger partial charge in [-0.1, -0.05) is 13.3 Å². The van der Waals surface area contributed by atoms with E-state index < -0.39 is 0 Å². The summed E-state index contributed by atoms with van der Waals surface area (Å²) in [5.41, 5.74) is 0. The van der Waals surface area contributed by atoms with Crippen LogP contribution in [0.15, 0.2) is 15.9 Å². The van der Waals surface area contributed by atoms with Gasteiger partial charge in [-0.05, 0) is 47.8 Å². The third-order valence-electron chi connectivity index (χ3n) is 2.84. The van der Waals surface area contributed by atoms with Crippen LogP contribution in [0.25, 0.3) is 0 Å². The topological polar surface area (TPSA) is 32.3 Å². The van der Waals surface area contributed by atoms with Crippen molar-refractivity contribution < 1.29 is 5.11 Å². The lowest BCUT2D eigenvalue weighted by Crippen LogP contribution is -2.25. The first-order chi connectivity index (χ1) is 7.67. The molecule has 0 fully saturated rings. The van der Waals surface area contributed by atoms with Gasteiger partial charge in [-0.15, -0.1) is 11.3 Å². The van der Waals surface area contributed by atoms with E-state index in [1.165, 1.54) is 4.88 Å². The Balaban J connectivity index is 2.36. The Kier molecular flexibility index (Phi) is 6.58. The van der Waals surface area contributed by atoms with Crippen LogP contribution in [0, 0.1) is 5.92 Å². The van der Waals surface area contributed by atoms with Crippen molar-refractivity contribution in [3.05, 3.63) is 20.8 Å². The molecule has 0 radical (unpaired) electrons. The molecule has 0 saturated carbocycles. The van der Waals surface area contributed by atoms with Gasteiger partial charge < -0.3 is 10.4 Å². The molecule has 92 valence electrons. The monoisotopic (exact) mass is 305 g/mol. The Bertz CT molecular complexity index is 303. The molecule has 0 saturated heterocycles. The quantitative estimate of drug-likeness (QED) is 0.807. The van der Waals surface area contributed by atoms with Crippen LogP contribution < -0.4 is 5.32 Å². The zero-order valence-electron chi connectivity index (χ0n) is 9.87. The van der Waals surface area contributed by atoms with E-state index >= 15 is 0 Å². The number of thiophene rings is 1. The molecule has 0 amide bonds. The van der Waals surface area contributed by atoms with Crippen LogP contribution in [-0.2, 0) is 0 Å². The van der Waals surface area contributed by atoms with Crippen LogP contribution in [0.1, 0.15) is 37.6 Å². The van der Waals surface area contributed by atoms with Crippen molar-refractivity contribution in [2.45, 2.75) is 32.7 Å². The molecule has 0 aliphatic heterocycles. The van der Waals surface area contributed by atoms with Gasteiger partial charge >= 0.3 is 0 Å². The van der Waals surface area contributed by atoms with E-state index in [2.05, 4.69) is 46.5 Å². The predicted octanol–water partition coefficient (Wildman–Crippen LogP) is 3.57. The molecule has 0 aromatic carbocycles. The van der Waals surface area contributed by atoms with E-state index in [1.54, 1.807) is 11.3 Å². The predicted molar refractivity (Wildman–Crippen MR) is 73.9 cm³/mol. The number of rotatable bonds is 7. The molecule has 0 aliphatic carbocycles. The molecular weight excluding hydrogens is 286 g/mol. The number of hydrogen-bond donors (Lipinski definition) is 2. The highest BCUT2D eigenvalue weighted by Crippen LogP contribution is 2.25. The third-order valence-corrected chi connectivity index (χ3v) is 4.72. The lowest BCUT2D eigenvalue weighted by atomic mass is 10.0. The van der Waals surface area contributed by atoms with Crippen molar-refractivity contribution in [3.8, 4) is 0 Å². The molecule has 16 heavy (non-hydrogen) atoms. The number of hydrogen-bond acceptors (Lipinski definition) is 3. The minimum Gasteiger partial charge on any atom is -0.396 e. The summed E-state index contributed by atoms with van der Waals surface area (Å²) in [5, 5.41) is 14.6. The van der Waals surface area contributed by atoms with E-state index in [0.717, 1.165) is 23.9 Å². The minimum absolute atomic E-state index is 0.291. The molecule has 4 heteroatoms. The van der Waals surface area contributed by atoms with Gasteiger partial charge in [0.25, 0.3) is 0 Å². The van der Waals surface area contributed by atoms with Gasteiger partial charge in [-0.3, -0.25) is 0 Å². The molecule has 0 spiro atoms. The maximum absolute atomic E-state index is 8.92. The highest BCUT2D eigenvalue weighted by atomic mass is 79.9. The first-order valence-electron chi connectivity index (χ1n) is 5.75. The Hall–Kier alpha value is 0.1000. The van der Waals surface area contributed by atoms with Crippen LogP contribution in [0.3, 0.4) is 0 Å². The van der Waals surface area contributed by atoms with E-state index in [0.29, 0.717) is 18.6 Å². The standard InChI is InChI=1S/C12H20BrNOS/c1-3-10(4-5-15)7-14-9(2)12-6-11(13)8-16-12/h6,8-10,14-15H,3-5,7H2,1-2H3. The summed E-state index contributed by atoms with van der Waals surface area (Å²) in [6.45, 7) is 5.63. The molecule has 2 atom stereocenters. The Morgan fingerprint density at radius 1 is 1.56 bits per heavy atom. The molecule has 0 bridgehead atoms. The molecule has 2 unspecified atom stereocenters. The molecule has 1 rings (SSSR count). The van der Waals surface area contributed by atoms with Crippen LogP contribution in [0.4, 0.5) is 0 Å². The zero-order valence-corrected chi connectivity index (χ0v) is 12.3. The van der Waals surface area contributed by atoms with E-state index in [1.807, 2.05) is 0 Å². The van der Waals surface area contributed by atoms with Gasteiger partial charge in [0.1, 0.15) is 0 Å². The average molecular weight is 306 g/mol. The number of aliphatic hydroxyl groups excluding tert-OH is 1. The molecule has 1 heterocycles. The van der Waals surface area contributed by atoms with Crippen LogP contribution in [-0.4, -0.2) is 18.3 Å². The second kappa shape index (κ2) is 7.43. The average Bonchev–Trinajstić information content (AvgIpc) is 2.70. The summed E-state index contributed by atoms with van der Waals surface area (Å²) in [6, 6.07) is 2.55. The smallest absolute Gasteiger partial charge is 0.0434 e. The SMILES string of the molecule is CCC(CCO)CNC(C)c1cc(Br)cs1. The third kappa shape index (κ3) is 4.53. The minimum atomic E-state index is 0.291. The lowest BCUT2D eigenvalue weighted by molar-refractivity contribution is 0.249. The van der Waals surface area contributed by atoms with Gasteiger partial charge in [0.2, 0.25) is 0 Å². The fourth-order valence-electron chi connectivity index (χ4n) is 1.63. The summed E-state index contributed by atoms with van der Waals surface area (Å²) in [7, 11) is 0. The highest BCUT2D eigenvalue weighted by Gasteiger charge is 2.10. The Labute approximate surface area is 110 Å². The van der Waals surface area contributed by atoms with Crippen molar-refractivity contribution in [2.24, 2.45) is 5.92 Å². The van der Waals surface area contributed by atoms with Crippen molar-refractivity contribution in [3.63, 3.8) is 0 Å². The number of aliphatic hydroxyl groups is 1. The molecule has 2 nitrogen and oxygen atoms in total. The highest BCUT2D eigenvalue weighted by molar-refractivity contribution is 9.10. The second-order valence-electron chi connectivity index (χ2n) is 4.08. The summed E-state index contributed by atoms with van der Waals surface area (Å²) < 4.78 is 1.16. The van der Waals surface area contributed by atoms with E-state index in [-0.39, 0.29) is 0 Å². The zero-order chi connectivity index (χ0) is 12.0.